The zero-order valence-electron chi connectivity index (χ0n) is 17.1. The lowest BCUT2D eigenvalue weighted by Gasteiger charge is -2.22. The smallest absolute Gasteiger partial charge is 0.147 e. The van der Waals surface area contributed by atoms with Crippen LogP contribution in [0, 0.1) is 11.8 Å². The minimum Gasteiger partial charge on any atom is -0.356 e. The number of likely N-dealkylation sites (tertiary alicyclic amines) is 1. The van der Waals surface area contributed by atoms with Crippen LogP contribution >= 0.6 is 0 Å². The molecule has 0 spiro atoms. The highest BCUT2D eigenvalue weighted by Crippen LogP contribution is 2.34. The van der Waals surface area contributed by atoms with Crippen LogP contribution in [-0.4, -0.2) is 55.8 Å². The van der Waals surface area contributed by atoms with Gasteiger partial charge in [0.05, 0.1) is 6.54 Å². The van der Waals surface area contributed by atoms with Crippen LogP contribution in [0.15, 0.2) is 12.4 Å². The van der Waals surface area contributed by atoms with Crippen molar-refractivity contribution in [3.05, 3.63) is 29.7 Å². The molecule has 2 aromatic rings. The molecule has 0 bridgehead atoms. The first-order valence-electron chi connectivity index (χ1n) is 10.9. The summed E-state index contributed by atoms with van der Waals surface area (Å²) in [6, 6.07) is 2.18. The number of fused-ring (bicyclic) bond motifs is 2. The molecule has 0 aliphatic carbocycles. The van der Waals surface area contributed by atoms with Crippen molar-refractivity contribution in [1.82, 2.24) is 29.6 Å². The first-order valence-corrected chi connectivity index (χ1v) is 10.9. The molecular formula is C21H31N7. The highest BCUT2D eigenvalue weighted by atomic mass is 15.3. The van der Waals surface area contributed by atoms with Crippen LogP contribution in [0.25, 0.3) is 0 Å². The van der Waals surface area contributed by atoms with Crippen LogP contribution in [0.3, 0.4) is 0 Å². The molecule has 28 heavy (non-hydrogen) atoms. The molecule has 2 saturated heterocycles. The van der Waals surface area contributed by atoms with Gasteiger partial charge in [0.1, 0.15) is 23.8 Å². The van der Waals surface area contributed by atoms with Gasteiger partial charge in [0.15, 0.2) is 0 Å². The third kappa shape index (κ3) is 3.41. The number of aromatic nitrogens is 5. The van der Waals surface area contributed by atoms with Gasteiger partial charge in [0.2, 0.25) is 0 Å². The molecule has 0 saturated carbocycles. The van der Waals surface area contributed by atoms with Gasteiger partial charge in [0.25, 0.3) is 0 Å². The van der Waals surface area contributed by atoms with Crippen molar-refractivity contribution in [3.8, 4) is 0 Å². The lowest BCUT2D eigenvalue weighted by molar-refractivity contribution is 0.295. The lowest BCUT2D eigenvalue weighted by atomic mass is 10.0. The van der Waals surface area contributed by atoms with Crippen LogP contribution in [-0.2, 0) is 19.5 Å². The summed E-state index contributed by atoms with van der Waals surface area (Å²) in [6.45, 7) is 10.9. The molecule has 3 aliphatic heterocycles. The van der Waals surface area contributed by atoms with Crippen molar-refractivity contribution in [3.63, 3.8) is 0 Å². The Kier molecular flexibility index (Phi) is 4.78. The van der Waals surface area contributed by atoms with E-state index >= 15 is 0 Å². The highest BCUT2D eigenvalue weighted by molar-refractivity contribution is 5.41. The highest BCUT2D eigenvalue weighted by Gasteiger charge is 2.40. The van der Waals surface area contributed by atoms with Crippen molar-refractivity contribution in [2.24, 2.45) is 11.8 Å². The third-order valence-corrected chi connectivity index (χ3v) is 6.70. The molecule has 2 unspecified atom stereocenters. The average molecular weight is 382 g/mol. The standard InChI is InChI=1S/C21H31N7/c1-15(2)18-8-20(23-14-22-18)27-11-16-9-26(10-17(16)12-27)13-21-25-24-19-6-4-3-5-7-28(19)21/h8,14-17H,3-7,9-13H2,1-2H3. The molecule has 2 aromatic heterocycles. The summed E-state index contributed by atoms with van der Waals surface area (Å²) in [6.07, 6.45) is 6.64. The summed E-state index contributed by atoms with van der Waals surface area (Å²) in [4.78, 5) is 14.0. The van der Waals surface area contributed by atoms with Gasteiger partial charge in [-0.1, -0.05) is 20.3 Å². The van der Waals surface area contributed by atoms with Gasteiger partial charge in [-0.2, -0.15) is 0 Å². The normalized spacial score (nSPS) is 25.2. The lowest BCUT2D eigenvalue weighted by Crippen LogP contribution is -2.30. The molecule has 5 rings (SSSR count). The molecule has 0 N–H and O–H groups in total. The number of aryl methyl sites for hydroxylation is 1. The van der Waals surface area contributed by atoms with E-state index in [9.17, 15) is 0 Å². The summed E-state index contributed by atoms with van der Waals surface area (Å²) in [5, 5.41) is 9.00. The summed E-state index contributed by atoms with van der Waals surface area (Å²) in [5.41, 5.74) is 1.14. The molecule has 3 aliphatic rings. The summed E-state index contributed by atoms with van der Waals surface area (Å²) < 4.78 is 2.39. The van der Waals surface area contributed by atoms with Gasteiger partial charge in [-0.15, -0.1) is 10.2 Å². The van der Waals surface area contributed by atoms with E-state index in [4.69, 9.17) is 0 Å². The molecule has 2 atom stereocenters. The monoisotopic (exact) mass is 381 g/mol. The number of hydrogen-bond donors (Lipinski definition) is 0. The first-order chi connectivity index (χ1) is 13.7. The molecule has 150 valence electrons. The summed E-state index contributed by atoms with van der Waals surface area (Å²) in [5.74, 6) is 5.36. The first kappa shape index (κ1) is 18.0. The van der Waals surface area contributed by atoms with Crippen LogP contribution < -0.4 is 4.90 Å². The maximum Gasteiger partial charge on any atom is 0.147 e. The SMILES string of the molecule is CC(C)c1cc(N2CC3CN(Cc4nnc5n4CCCCC5)CC3C2)ncn1. The van der Waals surface area contributed by atoms with E-state index in [0.717, 1.165) is 69.0 Å². The maximum absolute atomic E-state index is 4.55. The number of rotatable bonds is 4. The Balaban J connectivity index is 1.22. The van der Waals surface area contributed by atoms with Crippen molar-refractivity contribution < 1.29 is 0 Å². The minimum atomic E-state index is 0.442. The van der Waals surface area contributed by atoms with Gasteiger partial charge >= 0.3 is 0 Å². The molecule has 0 aromatic carbocycles. The minimum absolute atomic E-state index is 0.442. The predicted molar refractivity (Wildman–Crippen MR) is 108 cm³/mol. The van der Waals surface area contributed by atoms with Gasteiger partial charge in [-0.3, -0.25) is 4.90 Å². The predicted octanol–water partition coefficient (Wildman–Crippen LogP) is 2.49. The van der Waals surface area contributed by atoms with E-state index in [0.29, 0.717) is 5.92 Å². The third-order valence-electron chi connectivity index (χ3n) is 6.70. The summed E-state index contributed by atoms with van der Waals surface area (Å²) in [7, 11) is 0. The maximum atomic E-state index is 4.55. The number of anilines is 1. The van der Waals surface area contributed by atoms with Gasteiger partial charge in [0, 0.05) is 50.9 Å². The largest absolute Gasteiger partial charge is 0.356 e. The molecule has 5 heterocycles. The molecule has 7 heteroatoms. The van der Waals surface area contributed by atoms with Crippen LogP contribution in [0.5, 0.6) is 0 Å². The van der Waals surface area contributed by atoms with E-state index < -0.39 is 0 Å². The topological polar surface area (TPSA) is 63.0 Å². The van der Waals surface area contributed by atoms with E-state index in [1.165, 1.54) is 30.9 Å². The molecule has 2 fully saturated rings. The van der Waals surface area contributed by atoms with Gasteiger partial charge in [-0.25, -0.2) is 9.97 Å². The number of hydrogen-bond acceptors (Lipinski definition) is 6. The van der Waals surface area contributed by atoms with Crippen LogP contribution in [0.2, 0.25) is 0 Å². The van der Waals surface area contributed by atoms with Crippen molar-refractivity contribution in [2.45, 2.75) is 58.5 Å². The Labute approximate surface area is 167 Å². The zero-order chi connectivity index (χ0) is 19.1. The van der Waals surface area contributed by atoms with Crippen LogP contribution in [0.1, 0.15) is 56.4 Å². The quantitative estimate of drug-likeness (QED) is 0.811. The second-order valence-electron chi connectivity index (χ2n) is 9.07. The van der Waals surface area contributed by atoms with Crippen molar-refractivity contribution in [2.75, 3.05) is 31.1 Å². The fourth-order valence-corrected chi connectivity index (χ4v) is 5.12. The molecular weight excluding hydrogens is 350 g/mol. The van der Waals surface area contributed by atoms with Crippen molar-refractivity contribution >= 4 is 5.82 Å². The Morgan fingerprint density at radius 2 is 1.82 bits per heavy atom. The van der Waals surface area contributed by atoms with Gasteiger partial charge in [-0.05, 0) is 30.6 Å². The van der Waals surface area contributed by atoms with Crippen molar-refractivity contribution in [1.29, 1.82) is 0 Å². The Hall–Kier alpha value is -2.02. The van der Waals surface area contributed by atoms with E-state index in [-0.39, 0.29) is 0 Å². The van der Waals surface area contributed by atoms with Crippen LogP contribution in [0.4, 0.5) is 5.82 Å². The fraction of sp³-hybridized carbons (Fsp3) is 0.714. The van der Waals surface area contributed by atoms with E-state index in [1.54, 1.807) is 6.33 Å². The molecule has 7 nitrogen and oxygen atoms in total. The summed E-state index contributed by atoms with van der Waals surface area (Å²) >= 11 is 0. The Morgan fingerprint density at radius 3 is 2.61 bits per heavy atom. The van der Waals surface area contributed by atoms with Gasteiger partial charge < -0.3 is 9.47 Å². The van der Waals surface area contributed by atoms with E-state index in [1.807, 2.05) is 0 Å². The fourth-order valence-electron chi connectivity index (χ4n) is 5.12. The second-order valence-corrected chi connectivity index (χ2v) is 9.07. The molecule has 0 radical (unpaired) electrons. The second kappa shape index (κ2) is 7.43. The van der Waals surface area contributed by atoms with E-state index in [2.05, 4.69) is 54.4 Å². The Morgan fingerprint density at radius 1 is 1.00 bits per heavy atom. The number of nitrogens with zero attached hydrogens (tertiary/aromatic N) is 7. The zero-order valence-corrected chi connectivity index (χ0v) is 17.1. The average Bonchev–Trinajstić information content (AvgIpc) is 3.31. The molecule has 0 amide bonds. The Bertz CT molecular complexity index is 816.